The summed E-state index contributed by atoms with van der Waals surface area (Å²) in [5.74, 6) is -0.898. The van der Waals surface area contributed by atoms with E-state index in [9.17, 15) is 18.0 Å². The number of halogens is 3. The highest BCUT2D eigenvalue weighted by Gasteiger charge is 2.42. The number of carbonyl (C=O) groups excluding carboxylic acids is 1. The van der Waals surface area contributed by atoms with Crippen LogP contribution in [0.1, 0.15) is 46.0 Å². The van der Waals surface area contributed by atoms with Gasteiger partial charge in [-0.3, -0.25) is 4.79 Å². The summed E-state index contributed by atoms with van der Waals surface area (Å²) in [6, 6.07) is 0.279. The van der Waals surface area contributed by atoms with Crippen molar-refractivity contribution in [2.45, 2.75) is 64.2 Å². The molecule has 0 spiro atoms. The Balaban J connectivity index is 1.83. The molecule has 1 N–H and O–H groups in total. The van der Waals surface area contributed by atoms with E-state index in [1.807, 2.05) is 0 Å². The smallest absolute Gasteiger partial charge is 0.353 e. The number of piperidine rings is 1. The van der Waals surface area contributed by atoms with Crippen LogP contribution in [0.2, 0.25) is 0 Å². The van der Waals surface area contributed by atoms with Crippen LogP contribution < -0.4 is 5.32 Å². The number of alkyl halides is 3. The Morgan fingerprint density at radius 1 is 1.14 bits per heavy atom. The first-order chi connectivity index (χ1) is 10.2. The van der Waals surface area contributed by atoms with Crippen molar-refractivity contribution >= 4 is 5.91 Å². The molecule has 6 heteroatoms. The second kappa shape index (κ2) is 6.77. The highest BCUT2D eigenvalue weighted by atomic mass is 19.4. The first-order valence-electron chi connectivity index (χ1n) is 8.25. The van der Waals surface area contributed by atoms with Crippen LogP contribution in [0.4, 0.5) is 13.2 Å². The van der Waals surface area contributed by atoms with Gasteiger partial charge in [0, 0.05) is 24.5 Å². The molecule has 1 aliphatic heterocycles. The van der Waals surface area contributed by atoms with Crippen LogP contribution in [0.5, 0.6) is 0 Å². The molecule has 1 saturated carbocycles. The summed E-state index contributed by atoms with van der Waals surface area (Å²) in [5, 5.41) is 3.00. The lowest BCUT2D eigenvalue weighted by Crippen LogP contribution is -2.50. The molecule has 3 atom stereocenters. The largest absolute Gasteiger partial charge is 0.391 e. The van der Waals surface area contributed by atoms with Crippen LogP contribution in [0, 0.1) is 17.8 Å². The number of hydrogen-bond acceptors (Lipinski definition) is 2. The summed E-state index contributed by atoms with van der Waals surface area (Å²) in [6.45, 7) is 5.08. The predicted molar refractivity (Wildman–Crippen MR) is 79.3 cm³/mol. The molecular weight excluding hydrogens is 293 g/mol. The lowest BCUT2D eigenvalue weighted by Gasteiger charge is -2.39. The first kappa shape index (κ1) is 17.6. The number of amides is 1. The fourth-order valence-corrected chi connectivity index (χ4v) is 3.78. The van der Waals surface area contributed by atoms with Crippen LogP contribution >= 0.6 is 0 Å². The van der Waals surface area contributed by atoms with Crippen molar-refractivity contribution in [3.8, 4) is 0 Å². The van der Waals surface area contributed by atoms with Gasteiger partial charge in [-0.05, 0) is 52.0 Å². The minimum absolute atomic E-state index is 0.0217. The normalized spacial score (nSPS) is 37.8. The molecule has 1 amide bonds. The zero-order valence-electron chi connectivity index (χ0n) is 13.6. The van der Waals surface area contributed by atoms with Crippen molar-refractivity contribution in [1.82, 2.24) is 10.2 Å². The monoisotopic (exact) mass is 320 g/mol. The van der Waals surface area contributed by atoms with Gasteiger partial charge in [-0.15, -0.1) is 0 Å². The molecule has 2 fully saturated rings. The van der Waals surface area contributed by atoms with Gasteiger partial charge in [0.15, 0.2) is 0 Å². The van der Waals surface area contributed by atoms with Crippen molar-refractivity contribution in [3.63, 3.8) is 0 Å². The van der Waals surface area contributed by atoms with E-state index >= 15 is 0 Å². The van der Waals surface area contributed by atoms with Crippen molar-refractivity contribution < 1.29 is 18.0 Å². The molecule has 0 bridgehead atoms. The summed E-state index contributed by atoms with van der Waals surface area (Å²) >= 11 is 0. The van der Waals surface area contributed by atoms with Crippen LogP contribution in [0.3, 0.4) is 0 Å². The van der Waals surface area contributed by atoms with Gasteiger partial charge in [-0.2, -0.15) is 13.2 Å². The van der Waals surface area contributed by atoms with Gasteiger partial charge in [0.1, 0.15) is 0 Å². The van der Waals surface area contributed by atoms with Crippen LogP contribution in [0.25, 0.3) is 0 Å². The Kier molecular flexibility index (Phi) is 5.41. The number of nitrogens with zero attached hydrogens (tertiary/aromatic N) is 1. The molecule has 1 saturated heterocycles. The number of rotatable bonds is 2. The third kappa shape index (κ3) is 4.15. The van der Waals surface area contributed by atoms with Crippen molar-refractivity contribution in [2.75, 3.05) is 13.6 Å². The molecular formula is C16H27F3N2O. The van der Waals surface area contributed by atoms with Crippen LogP contribution in [-0.2, 0) is 4.79 Å². The van der Waals surface area contributed by atoms with E-state index < -0.39 is 12.1 Å². The van der Waals surface area contributed by atoms with Crippen molar-refractivity contribution in [3.05, 3.63) is 0 Å². The maximum atomic E-state index is 12.7. The molecule has 1 aliphatic carbocycles. The van der Waals surface area contributed by atoms with Gasteiger partial charge in [-0.1, -0.05) is 6.92 Å². The Hall–Kier alpha value is -0.780. The summed E-state index contributed by atoms with van der Waals surface area (Å²) < 4.78 is 38.0. The van der Waals surface area contributed by atoms with Crippen LogP contribution in [-0.4, -0.2) is 42.7 Å². The SMILES string of the molecule is CC1CN(C)C(C)CC1C(=O)NC1CCC(C(F)(F)F)CC1. The minimum atomic E-state index is -4.09. The van der Waals surface area contributed by atoms with Crippen LogP contribution in [0.15, 0.2) is 0 Å². The van der Waals surface area contributed by atoms with Gasteiger partial charge in [0.25, 0.3) is 0 Å². The quantitative estimate of drug-likeness (QED) is 0.847. The zero-order valence-corrected chi connectivity index (χ0v) is 13.6. The third-order valence-electron chi connectivity index (χ3n) is 5.48. The predicted octanol–water partition coefficient (Wildman–Crippen LogP) is 3.20. The standard InChI is InChI=1S/C16H27F3N2O/c1-10-9-21(3)11(2)8-14(10)15(22)20-13-6-4-12(5-7-13)16(17,18)19/h10-14H,4-9H2,1-3H3,(H,20,22). The van der Waals surface area contributed by atoms with Gasteiger partial charge in [0.05, 0.1) is 5.92 Å². The summed E-state index contributed by atoms with van der Waals surface area (Å²) in [7, 11) is 2.06. The molecule has 3 unspecified atom stereocenters. The second-order valence-electron chi connectivity index (χ2n) is 7.21. The number of hydrogen-bond donors (Lipinski definition) is 1. The minimum Gasteiger partial charge on any atom is -0.353 e. The van der Waals surface area contributed by atoms with Gasteiger partial charge >= 0.3 is 6.18 Å². The fourth-order valence-electron chi connectivity index (χ4n) is 3.78. The summed E-state index contributed by atoms with van der Waals surface area (Å²) in [5.41, 5.74) is 0. The molecule has 0 aromatic heterocycles. The molecule has 2 aliphatic rings. The maximum Gasteiger partial charge on any atom is 0.391 e. The Labute approximate surface area is 130 Å². The summed E-state index contributed by atoms with van der Waals surface area (Å²) in [6.07, 6.45) is -2.13. The Morgan fingerprint density at radius 3 is 2.27 bits per heavy atom. The second-order valence-corrected chi connectivity index (χ2v) is 7.21. The fraction of sp³-hybridized carbons (Fsp3) is 0.938. The Bertz CT molecular complexity index is 391. The molecule has 1 heterocycles. The maximum absolute atomic E-state index is 12.7. The van der Waals surface area contributed by atoms with E-state index in [-0.39, 0.29) is 36.6 Å². The molecule has 22 heavy (non-hydrogen) atoms. The molecule has 3 nitrogen and oxygen atoms in total. The molecule has 0 aromatic carbocycles. The van der Waals surface area contributed by atoms with Gasteiger partial charge in [0.2, 0.25) is 5.91 Å². The summed E-state index contributed by atoms with van der Waals surface area (Å²) in [4.78, 5) is 14.7. The molecule has 128 valence electrons. The van der Waals surface area contributed by atoms with Crippen molar-refractivity contribution in [2.24, 2.45) is 17.8 Å². The number of nitrogens with one attached hydrogen (secondary N) is 1. The first-order valence-corrected chi connectivity index (χ1v) is 8.25. The number of likely N-dealkylation sites (tertiary alicyclic amines) is 1. The van der Waals surface area contributed by atoms with Gasteiger partial charge < -0.3 is 10.2 Å². The van der Waals surface area contributed by atoms with E-state index in [4.69, 9.17) is 0 Å². The van der Waals surface area contributed by atoms with E-state index in [1.54, 1.807) is 0 Å². The molecule has 0 aromatic rings. The molecule has 2 rings (SSSR count). The lowest BCUT2D eigenvalue weighted by molar-refractivity contribution is -0.182. The van der Waals surface area contributed by atoms with E-state index in [1.165, 1.54) is 0 Å². The average molecular weight is 320 g/mol. The number of carbonyl (C=O) groups is 1. The average Bonchev–Trinajstić information content (AvgIpc) is 2.42. The third-order valence-corrected chi connectivity index (χ3v) is 5.48. The highest BCUT2D eigenvalue weighted by Crippen LogP contribution is 2.37. The Morgan fingerprint density at radius 2 is 1.73 bits per heavy atom. The zero-order chi connectivity index (χ0) is 16.5. The highest BCUT2D eigenvalue weighted by molar-refractivity contribution is 5.79. The lowest BCUT2D eigenvalue weighted by atomic mass is 9.81. The van der Waals surface area contributed by atoms with Crippen molar-refractivity contribution in [1.29, 1.82) is 0 Å². The molecule has 0 radical (unpaired) electrons. The van der Waals surface area contributed by atoms with E-state index in [0.29, 0.717) is 18.9 Å². The topological polar surface area (TPSA) is 32.3 Å². The van der Waals surface area contributed by atoms with Gasteiger partial charge in [-0.25, -0.2) is 0 Å². The van der Waals surface area contributed by atoms with E-state index in [2.05, 4.69) is 31.1 Å². The van der Waals surface area contributed by atoms with E-state index in [0.717, 1.165) is 13.0 Å².